The highest BCUT2D eigenvalue weighted by Gasteiger charge is 2.40. The van der Waals surface area contributed by atoms with Crippen LogP contribution in [0.15, 0.2) is 88.7 Å². The molecule has 5 rings (SSSR count). The molecule has 0 amide bonds. The lowest BCUT2D eigenvalue weighted by molar-refractivity contribution is -0.150. The lowest BCUT2D eigenvalue weighted by Gasteiger charge is -2.18. The maximum Gasteiger partial charge on any atom is 0.343 e. The van der Waals surface area contributed by atoms with Crippen LogP contribution in [0.5, 0.6) is 11.5 Å². The summed E-state index contributed by atoms with van der Waals surface area (Å²) in [5.41, 5.74) is 0.506. The Bertz CT molecular complexity index is 1930. The summed E-state index contributed by atoms with van der Waals surface area (Å²) in [6.07, 6.45) is 8.32. The van der Waals surface area contributed by atoms with Crippen LogP contribution in [-0.4, -0.2) is 46.2 Å². The highest BCUT2D eigenvalue weighted by molar-refractivity contribution is 7.91. The highest BCUT2D eigenvalue weighted by atomic mass is 32.2. The SMILES string of the molecule is CCCCS(=O)(=O)c1ccc(C(=O)Oc2ccc(OC(=O)c3ccc(S(=O)(=O)CCCC)cc3)c(COC(=O)C3CC4C=CC3C4)c2)cc1. The zero-order valence-electron chi connectivity index (χ0n) is 27.5. The average molecular weight is 709 g/mol. The Hall–Kier alpha value is -4.29. The van der Waals surface area contributed by atoms with Crippen molar-refractivity contribution in [3.05, 3.63) is 95.6 Å². The summed E-state index contributed by atoms with van der Waals surface area (Å²) >= 11 is 0. The molecule has 10 nitrogen and oxygen atoms in total. The van der Waals surface area contributed by atoms with Crippen molar-refractivity contribution in [2.45, 2.75) is 68.8 Å². The van der Waals surface area contributed by atoms with Crippen molar-refractivity contribution in [3.63, 3.8) is 0 Å². The first-order valence-corrected chi connectivity index (χ1v) is 19.8. The van der Waals surface area contributed by atoms with Crippen LogP contribution < -0.4 is 9.47 Å². The number of fused-ring (bicyclic) bond motifs is 2. The van der Waals surface area contributed by atoms with Crippen molar-refractivity contribution in [1.29, 1.82) is 0 Å². The molecule has 49 heavy (non-hydrogen) atoms. The number of benzene rings is 3. The van der Waals surface area contributed by atoms with Gasteiger partial charge in [0.15, 0.2) is 19.7 Å². The van der Waals surface area contributed by atoms with Crippen LogP contribution in [0.25, 0.3) is 0 Å². The Kier molecular flexibility index (Phi) is 11.4. The molecule has 0 aromatic heterocycles. The molecule has 0 N–H and O–H groups in total. The number of allylic oxidation sites excluding steroid dienone is 2. The fourth-order valence-corrected chi connectivity index (χ4v) is 8.88. The van der Waals surface area contributed by atoms with E-state index in [0.29, 0.717) is 25.2 Å². The lowest BCUT2D eigenvalue weighted by Crippen LogP contribution is -2.21. The number of ether oxygens (including phenoxy) is 3. The average Bonchev–Trinajstić information content (AvgIpc) is 3.74. The van der Waals surface area contributed by atoms with Crippen molar-refractivity contribution in [3.8, 4) is 11.5 Å². The molecule has 3 atom stereocenters. The number of esters is 3. The fourth-order valence-electron chi connectivity index (χ4n) is 5.97. The second-order valence-corrected chi connectivity index (χ2v) is 16.7. The Morgan fingerprint density at radius 1 is 0.694 bits per heavy atom. The molecular formula is C37H40O10S2. The maximum absolute atomic E-state index is 13.1. The predicted octanol–water partition coefficient (Wildman–Crippen LogP) is 6.53. The number of hydrogen-bond acceptors (Lipinski definition) is 10. The molecule has 12 heteroatoms. The summed E-state index contributed by atoms with van der Waals surface area (Å²) < 4.78 is 67.0. The molecule has 0 saturated heterocycles. The van der Waals surface area contributed by atoms with Gasteiger partial charge in [-0.15, -0.1) is 0 Å². The first-order chi connectivity index (χ1) is 23.4. The van der Waals surface area contributed by atoms with Gasteiger partial charge in [-0.2, -0.15) is 0 Å². The van der Waals surface area contributed by atoms with E-state index < -0.39 is 31.6 Å². The van der Waals surface area contributed by atoms with Gasteiger partial charge in [0.25, 0.3) is 0 Å². The van der Waals surface area contributed by atoms with Gasteiger partial charge in [-0.05, 0) is 104 Å². The zero-order chi connectivity index (χ0) is 35.2. The second-order valence-electron chi connectivity index (χ2n) is 12.4. The lowest BCUT2D eigenvalue weighted by atomic mass is 9.94. The van der Waals surface area contributed by atoms with Crippen LogP contribution in [0.3, 0.4) is 0 Å². The zero-order valence-corrected chi connectivity index (χ0v) is 29.1. The number of carbonyl (C=O) groups excluding carboxylic acids is 3. The van der Waals surface area contributed by atoms with E-state index in [0.717, 1.165) is 19.3 Å². The van der Waals surface area contributed by atoms with E-state index in [-0.39, 0.29) is 73.9 Å². The molecule has 260 valence electrons. The quantitative estimate of drug-likeness (QED) is 0.0970. The summed E-state index contributed by atoms with van der Waals surface area (Å²) in [6, 6.07) is 15.2. The molecule has 3 aromatic rings. The van der Waals surface area contributed by atoms with Gasteiger partial charge in [0, 0.05) is 5.56 Å². The highest BCUT2D eigenvalue weighted by Crippen LogP contribution is 2.44. The predicted molar refractivity (Wildman–Crippen MR) is 182 cm³/mol. The Morgan fingerprint density at radius 2 is 1.24 bits per heavy atom. The van der Waals surface area contributed by atoms with Gasteiger partial charge < -0.3 is 14.2 Å². The molecular weight excluding hydrogens is 669 g/mol. The summed E-state index contributed by atoms with van der Waals surface area (Å²) in [5, 5.41) is 0. The van der Waals surface area contributed by atoms with Gasteiger partial charge in [0.05, 0.1) is 38.3 Å². The largest absolute Gasteiger partial charge is 0.460 e. The number of hydrogen-bond donors (Lipinski definition) is 0. The molecule has 0 radical (unpaired) electrons. The van der Waals surface area contributed by atoms with Crippen LogP contribution in [0, 0.1) is 17.8 Å². The molecule has 2 aliphatic rings. The molecule has 0 aliphatic heterocycles. The summed E-state index contributed by atoms with van der Waals surface area (Å²) in [4.78, 5) is 39.3. The van der Waals surface area contributed by atoms with Crippen LogP contribution in [-0.2, 0) is 35.8 Å². The topological polar surface area (TPSA) is 147 Å². The van der Waals surface area contributed by atoms with Gasteiger partial charge in [0.1, 0.15) is 18.1 Å². The third-order valence-electron chi connectivity index (χ3n) is 8.83. The molecule has 1 saturated carbocycles. The second kappa shape index (κ2) is 15.5. The molecule has 2 bridgehead atoms. The Morgan fingerprint density at radius 3 is 1.73 bits per heavy atom. The van der Waals surface area contributed by atoms with E-state index in [4.69, 9.17) is 14.2 Å². The first kappa shape index (κ1) is 36.0. The standard InChI is InChI=1S/C37H40O10S2/c1-3-5-19-48(41,42)31-14-9-26(10-15-31)35(38)46-30-13-18-34(29(23-30)24-45-37(40)33-22-25-7-8-28(33)21-25)47-36(39)27-11-16-32(17-12-27)49(43,44)20-6-4-2/h7-18,23,25,28,33H,3-6,19-22,24H2,1-2H3. The molecule has 1 fully saturated rings. The van der Waals surface area contributed by atoms with Gasteiger partial charge in [-0.1, -0.05) is 38.8 Å². The van der Waals surface area contributed by atoms with E-state index in [1.165, 1.54) is 66.7 Å². The minimum atomic E-state index is -3.48. The first-order valence-electron chi connectivity index (χ1n) is 16.5. The summed E-state index contributed by atoms with van der Waals surface area (Å²) in [6.45, 7) is 3.55. The summed E-state index contributed by atoms with van der Waals surface area (Å²) in [5.74, 6) is -1.47. The molecule has 3 aromatic carbocycles. The maximum atomic E-state index is 13.1. The van der Waals surface area contributed by atoms with Crippen LogP contribution >= 0.6 is 0 Å². The van der Waals surface area contributed by atoms with Crippen LogP contribution in [0.1, 0.15) is 78.7 Å². The fraction of sp³-hybridized carbons (Fsp3) is 0.378. The smallest absolute Gasteiger partial charge is 0.343 e. The van der Waals surface area contributed by atoms with Crippen molar-refractivity contribution in [2.24, 2.45) is 17.8 Å². The minimum Gasteiger partial charge on any atom is -0.460 e. The van der Waals surface area contributed by atoms with E-state index in [9.17, 15) is 31.2 Å². The minimum absolute atomic E-state index is 0.0110. The number of rotatable bonds is 15. The number of sulfone groups is 2. The monoisotopic (exact) mass is 708 g/mol. The van der Waals surface area contributed by atoms with Gasteiger partial charge in [-0.25, -0.2) is 26.4 Å². The van der Waals surface area contributed by atoms with Crippen LogP contribution in [0.4, 0.5) is 0 Å². The Balaban J connectivity index is 1.32. The van der Waals surface area contributed by atoms with Gasteiger partial charge in [-0.3, -0.25) is 4.79 Å². The summed E-state index contributed by atoms with van der Waals surface area (Å²) in [7, 11) is -6.94. The molecule has 0 spiro atoms. The van der Waals surface area contributed by atoms with Crippen molar-refractivity contribution in [2.75, 3.05) is 11.5 Å². The van der Waals surface area contributed by atoms with E-state index in [2.05, 4.69) is 6.08 Å². The third kappa shape index (κ3) is 8.85. The van der Waals surface area contributed by atoms with Crippen molar-refractivity contribution >= 4 is 37.6 Å². The van der Waals surface area contributed by atoms with Gasteiger partial charge >= 0.3 is 17.9 Å². The van der Waals surface area contributed by atoms with Crippen molar-refractivity contribution < 1.29 is 45.4 Å². The van der Waals surface area contributed by atoms with E-state index >= 15 is 0 Å². The van der Waals surface area contributed by atoms with E-state index in [1.54, 1.807) is 0 Å². The van der Waals surface area contributed by atoms with E-state index in [1.807, 2.05) is 19.9 Å². The van der Waals surface area contributed by atoms with Gasteiger partial charge in [0.2, 0.25) is 0 Å². The number of unbranched alkanes of at least 4 members (excludes halogenated alkanes) is 2. The Labute approximate surface area is 287 Å². The molecule has 0 heterocycles. The van der Waals surface area contributed by atoms with Crippen molar-refractivity contribution in [1.82, 2.24) is 0 Å². The third-order valence-corrected chi connectivity index (χ3v) is 12.5. The molecule has 2 aliphatic carbocycles. The number of carbonyl (C=O) groups is 3. The molecule has 3 unspecified atom stereocenters. The normalized spacial score (nSPS) is 18.3. The van der Waals surface area contributed by atoms with Crippen LogP contribution in [0.2, 0.25) is 0 Å².